The molecule has 0 radical (unpaired) electrons. The number of hydrogen-bond acceptors (Lipinski definition) is 6. The van der Waals surface area contributed by atoms with Crippen LogP contribution in [0.2, 0.25) is 0 Å². The molecular weight excluding hydrogens is 467 g/mol. The zero-order valence-electron chi connectivity index (χ0n) is 17.7. The van der Waals surface area contributed by atoms with E-state index < -0.39 is 12.1 Å². The quantitative estimate of drug-likeness (QED) is 0.350. The van der Waals surface area contributed by atoms with Crippen LogP contribution in [-0.2, 0) is 18.4 Å². The lowest BCUT2D eigenvalue weighted by Crippen LogP contribution is -2.21. The molecule has 0 atom stereocenters. The van der Waals surface area contributed by atoms with Gasteiger partial charge in [-0.25, -0.2) is 9.78 Å². The minimum Gasteiger partial charge on any atom is -0.475 e. The Bertz CT molecular complexity index is 1450. The van der Waals surface area contributed by atoms with Crippen molar-refractivity contribution in [1.29, 1.82) is 0 Å². The molecule has 11 heteroatoms. The van der Waals surface area contributed by atoms with Crippen molar-refractivity contribution in [3.8, 4) is 11.1 Å². The Morgan fingerprint density at radius 3 is 2.59 bits per heavy atom. The van der Waals surface area contributed by atoms with E-state index in [2.05, 4.69) is 73.8 Å². The molecule has 2 aromatic carbocycles. The van der Waals surface area contributed by atoms with Gasteiger partial charge in [0.15, 0.2) is 0 Å². The van der Waals surface area contributed by atoms with Crippen molar-refractivity contribution in [3.63, 3.8) is 0 Å². The van der Waals surface area contributed by atoms with E-state index in [1.807, 2.05) is 11.6 Å². The molecule has 3 aromatic heterocycles. The number of halogens is 3. The third-order valence-corrected chi connectivity index (χ3v) is 5.61. The number of aliphatic carboxylic acids is 1. The van der Waals surface area contributed by atoms with Gasteiger partial charge >= 0.3 is 12.1 Å². The van der Waals surface area contributed by atoms with Crippen LogP contribution in [0.4, 0.5) is 18.9 Å². The highest BCUT2D eigenvalue weighted by Gasteiger charge is 2.38. The first-order valence-corrected chi connectivity index (χ1v) is 10.9. The average molecular weight is 485 g/mol. The van der Waals surface area contributed by atoms with Gasteiger partial charge in [0.2, 0.25) is 0 Å². The summed E-state index contributed by atoms with van der Waals surface area (Å²) in [6.07, 6.45) is 0.476. The van der Waals surface area contributed by atoms with Crippen LogP contribution in [0.5, 0.6) is 0 Å². The van der Waals surface area contributed by atoms with E-state index in [0.29, 0.717) is 6.54 Å². The number of alkyl halides is 3. The van der Waals surface area contributed by atoms with Gasteiger partial charge in [-0.15, -0.1) is 11.3 Å². The van der Waals surface area contributed by atoms with Crippen molar-refractivity contribution in [2.24, 2.45) is 7.05 Å². The maximum atomic E-state index is 10.6. The highest BCUT2D eigenvalue weighted by atomic mass is 32.1. The maximum absolute atomic E-state index is 10.6. The topological polar surface area (TPSA) is 92.9 Å². The zero-order chi connectivity index (χ0) is 24.3. The molecule has 5 aromatic rings. The summed E-state index contributed by atoms with van der Waals surface area (Å²) in [6, 6.07) is 12.8. The van der Waals surface area contributed by atoms with Crippen LogP contribution in [0, 0.1) is 0 Å². The SMILES string of the molecule is Cn1ccc2ccc(-c3cc(NCc4cscn4)cc4nccnc34)cc21.O=C(O)C(F)(F)F. The Morgan fingerprint density at radius 2 is 1.88 bits per heavy atom. The third-order valence-electron chi connectivity index (χ3n) is 4.97. The van der Waals surface area contributed by atoms with Gasteiger partial charge in [0, 0.05) is 47.8 Å². The van der Waals surface area contributed by atoms with Crippen LogP contribution in [0.15, 0.2) is 65.9 Å². The molecule has 5 rings (SSSR count). The van der Waals surface area contributed by atoms with Gasteiger partial charge in [-0.2, -0.15) is 13.2 Å². The predicted molar refractivity (Wildman–Crippen MR) is 125 cm³/mol. The van der Waals surface area contributed by atoms with Gasteiger partial charge in [-0.1, -0.05) is 12.1 Å². The van der Waals surface area contributed by atoms with Gasteiger partial charge in [-0.3, -0.25) is 9.97 Å². The summed E-state index contributed by atoms with van der Waals surface area (Å²) in [6.45, 7) is 0.686. The van der Waals surface area contributed by atoms with E-state index in [4.69, 9.17) is 9.90 Å². The fraction of sp³-hybridized carbons (Fsp3) is 0.130. The second-order valence-electron chi connectivity index (χ2n) is 7.28. The van der Waals surface area contributed by atoms with Crippen LogP contribution in [-0.4, -0.2) is 36.8 Å². The molecular formula is C23H18F3N5O2S. The molecule has 174 valence electrons. The maximum Gasteiger partial charge on any atom is 0.490 e. The first kappa shape index (κ1) is 23.2. The minimum atomic E-state index is -5.08. The van der Waals surface area contributed by atoms with Crippen molar-refractivity contribution in [2.45, 2.75) is 12.7 Å². The third kappa shape index (κ3) is 5.15. The Morgan fingerprint density at radius 1 is 1.12 bits per heavy atom. The second-order valence-corrected chi connectivity index (χ2v) is 8.00. The van der Waals surface area contributed by atoms with Crippen LogP contribution in [0.25, 0.3) is 33.1 Å². The van der Waals surface area contributed by atoms with E-state index in [1.54, 1.807) is 23.7 Å². The Kier molecular flexibility index (Phi) is 6.46. The largest absolute Gasteiger partial charge is 0.490 e. The lowest BCUT2D eigenvalue weighted by atomic mass is 10.0. The Labute approximate surface area is 195 Å². The van der Waals surface area contributed by atoms with Gasteiger partial charge in [0.05, 0.1) is 28.8 Å². The summed E-state index contributed by atoms with van der Waals surface area (Å²) in [7, 11) is 2.07. The standard InChI is InChI=1S/C21H17N5S.C2HF3O2/c1-26-7-4-14-2-3-15(8-20(14)26)18-9-16(24-11-17-12-27-13-25-17)10-19-21(18)23-6-5-22-19;3-2(4,5)1(6)7/h2-10,12-13,24H,11H2,1H3;(H,6,7). The van der Waals surface area contributed by atoms with Crippen LogP contribution >= 0.6 is 11.3 Å². The van der Waals surface area contributed by atoms with E-state index in [9.17, 15) is 13.2 Å². The smallest absolute Gasteiger partial charge is 0.475 e. The number of benzene rings is 2. The monoisotopic (exact) mass is 485 g/mol. The molecule has 0 saturated carbocycles. The molecule has 0 fully saturated rings. The number of aryl methyl sites for hydroxylation is 1. The van der Waals surface area contributed by atoms with Crippen LogP contribution in [0.1, 0.15) is 5.69 Å². The number of fused-ring (bicyclic) bond motifs is 2. The van der Waals surface area contributed by atoms with Gasteiger partial charge in [-0.05, 0) is 35.2 Å². The molecule has 0 amide bonds. The lowest BCUT2D eigenvalue weighted by molar-refractivity contribution is -0.192. The van der Waals surface area contributed by atoms with Crippen molar-refractivity contribution in [1.82, 2.24) is 19.5 Å². The molecule has 2 N–H and O–H groups in total. The number of anilines is 1. The molecule has 0 aliphatic heterocycles. The first-order chi connectivity index (χ1) is 16.2. The molecule has 0 aliphatic carbocycles. The number of nitrogens with one attached hydrogen (secondary N) is 1. The van der Waals surface area contributed by atoms with Crippen LogP contribution in [0.3, 0.4) is 0 Å². The minimum absolute atomic E-state index is 0.686. The Hall–Kier alpha value is -3.99. The highest BCUT2D eigenvalue weighted by molar-refractivity contribution is 7.07. The number of carboxylic acid groups (broad SMARTS) is 1. The molecule has 7 nitrogen and oxygen atoms in total. The summed E-state index contributed by atoms with van der Waals surface area (Å²) in [5, 5.41) is 13.9. The molecule has 0 bridgehead atoms. The normalized spacial score (nSPS) is 11.3. The molecule has 0 unspecified atom stereocenters. The van der Waals surface area contributed by atoms with Gasteiger partial charge in [0.1, 0.15) is 0 Å². The fourth-order valence-corrected chi connectivity index (χ4v) is 3.90. The van der Waals surface area contributed by atoms with E-state index in [1.165, 1.54) is 10.9 Å². The molecule has 0 saturated heterocycles. The van der Waals surface area contributed by atoms with Crippen molar-refractivity contribution < 1.29 is 23.1 Å². The van der Waals surface area contributed by atoms with E-state index in [-0.39, 0.29) is 0 Å². The van der Waals surface area contributed by atoms with Crippen molar-refractivity contribution >= 4 is 44.9 Å². The summed E-state index contributed by atoms with van der Waals surface area (Å²) in [5.41, 5.74) is 9.09. The van der Waals surface area contributed by atoms with Crippen molar-refractivity contribution in [3.05, 3.63) is 71.6 Å². The number of aromatic nitrogens is 4. The average Bonchev–Trinajstić information content (AvgIpc) is 3.47. The number of nitrogens with zero attached hydrogens (tertiary/aromatic N) is 4. The van der Waals surface area contributed by atoms with Gasteiger partial charge < -0.3 is 15.0 Å². The number of hydrogen-bond donors (Lipinski definition) is 2. The lowest BCUT2D eigenvalue weighted by Gasteiger charge is -2.11. The van der Waals surface area contributed by atoms with Crippen LogP contribution < -0.4 is 5.32 Å². The summed E-state index contributed by atoms with van der Waals surface area (Å²) in [4.78, 5) is 22.3. The van der Waals surface area contributed by atoms with Crippen molar-refractivity contribution in [2.75, 3.05) is 5.32 Å². The predicted octanol–water partition coefficient (Wildman–Crippen LogP) is 5.49. The highest BCUT2D eigenvalue weighted by Crippen LogP contribution is 2.32. The molecule has 34 heavy (non-hydrogen) atoms. The Balaban J connectivity index is 0.000000344. The zero-order valence-corrected chi connectivity index (χ0v) is 18.6. The number of carbonyl (C=O) groups is 1. The summed E-state index contributed by atoms with van der Waals surface area (Å²) < 4.78 is 33.9. The molecule has 3 heterocycles. The summed E-state index contributed by atoms with van der Waals surface area (Å²) in [5.74, 6) is -2.76. The first-order valence-electron chi connectivity index (χ1n) is 9.93. The number of carboxylic acids is 1. The summed E-state index contributed by atoms with van der Waals surface area (Å²) >= 11 is 1.60. The second kappa shape index (κ2) is 9.48. The molecule has 0 spiro atoms. The molecule has 0 aliphatic rings. The van der Waals surface area contributed by atoms with Gasteiger partial charge in [0.25, 0.3) is 0 Å². The fourth-order valence-electron chi connectivity index (χ4n) is 3.34. The number of rotatable bonds is 4. The van der Waals surface area contributed by atoms with E-state index >= 15 is 0 Å². The van der Waals surface area contributed by atoms with E-state index in [0.717, 1.165) is 33.5 Å². The number of thiazole rings is 1.